The van der Waals surface area contributed by atoms with Crippen LogP contribution >= 0.6 is 0 Å². The number of nitrogens with one attached hydrogen (secondary N) is 1. The quantitative estimate of drug-likeness (QED) is 0.640. The summed E-state index contributed by atoms with van der Waals surface area (Å²) in [6.45, 7) is 7.07. The molecule has 6 nitrogen and oxygen atoms in total. The Balaban J connectivity index is 1.95. The van der Waals surface area contributed by atoms with Gasteiger partial charge >= 0.3 is 0 Å². The molecule has 1 heterocycles. The number of benzene rings is 2. The highest BCUT2D eigenvalue weighted by Crippen LogP contribution is 2.23. The number of hydrogen-bond acceptors (Lipinski definition) is 4. The van der Waals surface area contributed by atoms with Crippen molar-refractivity contribution in [1.82, 2.24) is 9.88 Å². The lowest BCUT2D eigenvalue weighted by Gasteiger charge is -2.15. The van der Waals surface area contributed by atoms with Gasteiger partial charge in [0.15, 0.2) is 0 Å². The maximum Gasteiger partial charge on any atom is 0.270 e. The molecule has 0 saturated carbocycles. The lowest BCUT2D eigenvalue weighted by Crippen LogP contribution is -2.35. The number of nitrogens with zero attached hydrogens (tertiary/aromatic N) is 1. The molecule has 0 radical (unpaired) electrons. The van der Waals surface area contributed by atoms with Gasteiger partial charge in [0.05, 0.1) is 4.90 Å². The monoisotopic (exact) mass is 438 g/mol. The molecule has 0 aliphatic carbocycles. The molecule has 1 amide bonds. The molecule has 3 aromatic rings. The van der Waals surface area contributed by atoms with Crippen molar-refractivity contribution in [2.75, 3.05) is 0 Å². The Hall–Kier alpha value is -3.19. The van der Waals surface area contributed by atoms with Crippen LogP contribution in [0.25, 0.3) is 0 Å². The van der Waals surface area contributed by atoms with E-state index >= 15 is 0 Å². The van der Waals surface area contributed by atoms with Gasteiger partial charge in [-0.25, -0.2) is 8.42 Å². The molecule has 0 fully saturated rings. The molecule has 0 unspecified atom stereocenters. The molecule has 162 valence electrons. The average molecular weight is 439 g/mol. The first-order valence-electron chi connectivity index (χ1n) is 9.95. The summed E-state index contributed by atoms with van der Waals surface area (Å²) in [5.74, 6) is -0.368. The van der Waals surface area contributed by atoms with Gasteiger partial charge in [-0.1, -0.05) is 36.4 Å². The molecular weight excluding hydrogens is 412 g/mol. The number of pyridine rings is 1. The van der Waals surface area contributed by atoms with Crippen molar-refractivity contribution in [3.05, 3.63) is 92.9 Å². The third-order valence-corrected chi connectivity index (χ3v) is 7.25. The fourth-order valence-corrected chi connectivity index (χ4v) is 5.06. The third kappa shape index (κ3) is 4.77. The van der Waals surface area contributed by atoms with Crippen LogP contribution in [0.5, 0.6) is 0 Å². The van der Waals surface area contributed by atoms with E-state index in [2.05, 4.69) is 5.32 Å². The van der Waals surface area contributed by atoms with Gasteiger partial charge in [-0.3, -0.25) is 9.59 Å². The minimum atomic E-state index is -4.03. The Morgan fingerprint density at radius 2 is 1.58 bits per heavy atom. The van der Waals surface area contributed by atoms with Gasteiger partial charge < -0.3 is 9.88 Å². The summed E-state index contributed by atoms with van der Waals surface area (Å²) in [4.78, 5) is 25.4. The Morgan fingerprint density at radius 3 is 2.23 bits per heavy atom. The van der Waals surface area contributed by atoms with Crippen LogP contribution in [0.4, 0.5) is 0 Å². The molecule has 0 atom stereocenters. The summed E-state index contributed by atoms with van der Waals surface area (Å²) in [6.07, 6.45) is 0. The zero-order chi connectivity index (χ0) is 22.8. The molecule has 7 heteroatoms. The van der Waals surface area contributed by atoms with E-state index in [4.69, 9.17) is 0 Å². The second kappa shape index (κ2) is 8.89. The fraction of sp³-hybridized carbons (Fsp3) is 0.250. The first-order valence-corrected chi connectivity index (χ1v) is 11.4. The van der Waals surface area contributed by atoms with Crippen molar-refractivity contribution in [2.45, 2.75) is 50.6 Å². The van der Waals surface area contributed by atoms with E-state index < -0.39 is 15.4 Å². The summed E-state index contributed by atoms with van der Waals surface area (Å²) >= 11 is 0. The highest BCUT2D eigenvalue weighted by atomic mass is 32.2. The minimum Gasteiger partial charge on any atom is -0.350 e. The third-order valence-electron chi connectivity index (χ3n) is 5.34. The molecule has 0 spiro atoms. The van der Waals surface area contributed by atoms with E-state index in [1.165, 1.54) is 10.6 Å². The SMILES string of the molecule is Cc1ccc(S(=O)(=O)c2c(C)cc(C)n(CC(=O)NCc3ccccc3)c2=O)cc1C. The van der Waals surface area contributed by atoms with Crippen LogP contribution in [0.3, 0.4) is 0 Å². The van der Waals surface area contributed by atoms with Gasteiger partial charge in [-0.15, -0.1) is 0 Å². The summed E-state index contributed by atoms with van der Waals surface area (Å²) in [5.41, 5.74) is 2.92. The van der Waals surface area contributed by atoms with Crippen LogP contribution in [-0.2, 0) is 27.7 Å². The van der Waals surface area contributed by atoms with Gasteiger partial charge in [-0.2, -0.15) is 0 Å². The zero-order valence-corrected chi connectivity index (χ0v) is 18.9. The molecule has 0 bridgehead atoms. The van der Waals surface area contributed by atoms with Crippen molar-refractivity contribution in [2.24, 2.45) is 0 Å². The van der Waals surface area contributed by atoms with Gasteiger partial charge in [0.1, 0.15) is 11.4 Å². The molecule has 1 aromatic heterocycles. The fourth-order valence-electron chi connectivity index (χ4n) is 3.43. The predicted molar refractivity (Wildman–Crippen MR) is 120 cm³/mol. The predicted octanol–water partition coefficient (Wildman–Crippen LogP) is 3.23. The van der Waals surface area contributed by atoms with Crippen LogP contribution in [0.1, 0.15) is 27.9 Å². The van der Waals surface area contributed by atoms with E-state index in [0.29, 0.717) is 17.8 Å². The Morgan fingerprint density at radius 1 is 0.903 bits per heavy atom. The van der Waals surface area contributed by atoms with Crippen molar-refractivity contribution >= 4 is 15.7 Å². The lowest BCUT2D eigenvalue weighted by molar-refractivity contribution is -0.121. The second-order valence-corrected chi connectivity index (χ2v) is 9.59. The summed E-state index contributed by atoms with van der Waals surface area (Å²) < 4.78 is 27.8. The van der Waals surface area contributed by atoms with Crippen LogP contribution in [0, 0.1) is 27.7 Å². The van der Waals surface area contributed by atoms with Crippen molar-refractivity contribution in [1.29, 1.82) is 0 Å². The normalized spacial score (nSPS) is 11.4. The van der Waals surface area contributed by atoms with Gasteiger partial charge in [0.2, 0.25) is 15.7 Å². The number of aromatic nitrogens is 1. The van der Waals surface area contributed by atoms with E-state index in [-0.39, 0.29) is 22.2 Å². The number of sulfone groups is 1. The molecule has 3 rings (SSSR count). The number of aryl methyl sites for hydroxylation is 4. The smallest absolute Gasteiger partial charge is 0.270 e. The Labute approximate surface area is 182 Å². The first kappa shape index (κ1) is 22.5. The number of amides is 1. The maximum absolute atomic E-state index is 13.3. The molecule has 0 saturated heterocycles. The Kier molecular flexibility index (Phi) is 6.45. The van der Waals surface area contributed by atoms with E-state index in [1.54, 1.807) is 32.0 Å². The molecule has 0 aliphatic rings. The lowest BCUT2D eigenvalue weighted by atomic mass is 10.1. The van der Waals surface area contributed by atoms with E-state index in [1.807, 2.05) is 44.2 Å². The topological polar surface area (TPSA) is 85.2 Å². The van der Waals surface area contributed by atoms with Gasteiger partial charge in [0, 0.05) is 12.2 Å². The van der Waals surface area contributed by atoms with E-state index in [0.717, 1.165) is 16.7 Å². The van der Waals surface area contributed by atoms with Crippen LogP contribution in [-0.4, -0.2) is 18.9 Å². The first-order chi connectivity index (χ1) is 14.6. The molecule has 1 N–H and O–H groups in total. The minimum absolute atomic E-state index is 0.0692. The number of carbonyl (C=O) groups is 1. The highest BCUT2D eigenvalue weighted by molar-refractivity contribution is 7.91. The number of hydrogen-bond donors (Lipinski definition) is 1. The summed E-state index contributed by atoms with van der Waals surface area (Å²) in [7, 11) is -4.03. The van der Waals surface area contributed by atoms with Gasteiger partial charge in [-0.05, 0) is 68.1 Å². The largest absolute Gasteiger partial charge is 0.350 e. The van der Waals surface area contributed by atoms with Gasteiger partial charge in [0.25, 0.3) is 5.56 Å². The van der Waals surface area contributed by atoms with Crippen LogP contribution < -0.4 is 10.9 Å². The van der Waals surface area contributed by atoms with Crippen molar-refractivity contribution in [3.63, 3.8) is 0 Å². The van der Waals surface area contributed by atoms with Crippen LogP contribution in [0.15, 0.2) is 69.2 Å². The number of carbonyl (C=O) groups excluding carboxylic acids is 1. The number of rotatable bonds is 6. The van der Waals surface area contributed by atoms with E-state index in [9.17, 15) is 18.0 Å². The zero-order valence-electron chi connectivity index (χ0n) is 18.1. The molecule has 2 aromatic carbocycles. The molecule has 0 aliphatic heterocycles. The standard InChI is InChI=1S/C24H26N2O4S/c1-16-10-11-21(13-17(16)2)31(29,30)23-18(3)12-19(4)26(24(23)28)15-22(27)25-14-20-8-6-5-7-9-20/h5-13H,14-15H2,1-4H3,(H,25,27). The summed E-state index contributed by atoms with van der Waals surface area (Å²) in [5, 5.41) is 2.77. The second-order valence-electron chi connectivity index (χ2n) is 7.70. The van der Waals surface area contributed by atoms with Crippen LogP contribution in [0.2, 0.25) is 0 Å². The summed E-state index contributed by atoms with van der Waals surface area (Å²) in [6, 6.07) is 15.8. The van der Waals surface area contributed by atoms with Crippen molar-refractivity contribution in [3.8, 4) is 0 Å². The highest BCUT2D eigenvalue weighted by Gasteiger charge is 2.26. The van der Waals surface area contributed by atoms with Crippen molar-refractivity contribution < 1.29 is 13.2 Å². The maximum atomic E-state index is 13.3. The average Bonchev–Trinajstić information content (AvgIpc) is 2.72. The molecular formula is C24H26N2O4S. The molecule has 31 heavy (non-hydrogen) atoms. The Bertz CT molecular complexity index is 1290.